The molecule has 0 saturated heterocycles. The van der Waals surface area contributed by atoms with Gasteiger partial charge in [-0.1, -0.05) is 12.1 Å². The number of methoxy groups -OCH3 is 1. The Balaban J connectivity index is 2.09. The third kappa shape index (κ3) is 3.96. The van der Waals surface area contributed by atoms with E-state index in [0.29, 0.717) is 0 Å². The average molecular weight is 293 g/mol. The first-order chi connectivity index (χ1) is 9.94. The summed E-state index contributed by atoms with van der Waals surface area (Å²) in [6, 6.07) is 7.33. The zero-order chi connectivity index (χ0) is 15.5. The molecular formula is C17H27NO3. The summed E-state index contributed by atoms with van der Waals surface area (Å²) in [7, 11) is 5.78. The highest BCUT2D eigenvalue weighted by Gasteiger charge is 2.41. The van der Waals surface area contributed by atoms with Crippen molar-refractivity contribution < 1.29 is 14.9 Å². The van der Waals surface area contributed by atoms with Gasteiger partial charge in [-0.3, -0.25) is 0 Å². The molecule has 0 amide bonds. The van der Waals surface area contributed by atoms with Gasteiger partial charge < -0.3 is 19.8 Å². The average Bonchev–Trinajstić information content (AvgIpc) is 2.47. The van der Waals surface area contributed by atoms with Gasteiger partial charge in [-0.05, 0) is 63.9 Å². The molecule has 0 heterocycles. The second kappa shape index (κ2) is 6.77. The van der Waals surface area contributed by atoms with Crippen molar-refractivity contribution in [1.82, 2.24) is 4.90 Å². The van der Waals surface area contributed by atoms with Crippen LogP contribution < -0.4 is 0 Å². The van der Waals surface area contributed by atoms with E-state index >= 15 is 0 Å². The van der Waals surface area contributed by atoms with Crippen molar-refractivity contribution in [2.45, 2.75) is 49.9 Å². The van der Waals surface area contributed by atoms with Crippen molar-refractivity contribution in [3.8, 4) is 5.75 Å². The Morgan fingerprint density at radius 3 is 2.29 bits per heavy atom. The Kier molecular flexibility index (Phi) is 5.25. The number of phenols is 1. The molecule has 0 spiro atoms. The zero-order valence-corrected chi connectivity index (χ0v) is 13.2. The number of aliphatic hydroxyl groups is 1. The van der Waals surface area contributed by atoms with Crippen LogP contribution >= 0.6 is 0 Å². The second-order valence-electron chi connectivity index (χ2n) is 6.39. The molecule has 1 aromatic carbocycles. The van der Waals surface area contributed by atoms with Crippen molar-refractivity contribution in [2.24, 2.45) is 0 Å². The molecule has 1 fully saturated rings. The van der Waals surface area contributed by atoms with Crippen molar-refractivity contribution in [2.75, 3.05) is 21.2 Å². The maximum absolute atomic E-state index is 11.1. The number of rotatable bonds is 5. The second-order valence-corrected chi connectivity index (χ2v) is 6.39. The molecule has 118 valence electrons. The number of aromatic hydroxyl groups is 1. The van der Waals surface area contributed by atoms with Crippen LogP contribution in [0.2, 0.25) is 0 Å². The lowest BCUT2D eigenvalue weighted by Gasteiger charge is -2.44. The maximum atomic E-state index is 11.1. The first kappa shape index (κ1) is 16.3. The van der Waals surface area contributed by atoms with Crippen LogP contribution in [-0.2, 0) is 11.2 Å². The summed E-state index contributed by atoms with van der Waals surface area (Å²) in [6.07, 6.45) is 4.42. The molecule has 0 bridgehead atoms. The third-order valence-electron chi connectivity index (χ3n) is 4.74. The Labute approximate surface area is 127 Å². The molecule has 1 aromatic rings. The van der Waals surface area contributed by atoms with Gasteiger partial charge in [0.25, 0.3) is 0 Å². The first-order valence-corrected chi connectivity index (χ1v) is 7.64. The van der Waals surface area contributed by atoms with Crippen LogP contribution in [0, 0.1) is 0 Å². The highest BCUT2D eigenvalue weighted by Crippen LogP contribution is 2.35. The Bertz CT molecular complexity index is 436. The lowest BCUT2D eigenvalue weighted by atomic mass is 9.76. The van der Waals surface area contributed by atoms with E-state index in [4.69, 9.17) is 4.74 Å². The molecule has 1 aliphatic carbocycles. The number of phenolic OH excluding ortho intramolecular Hbond substituents is 1. The standard InChI is InChI=1S/C17H27NO3/c1-18(2)16(12-13-4-6-14(19)7-5-13)17(20)10-8-15(21-3)9-11-17/h4-7,15-16,19-20H,8-12H2,1-3H3. The van der Waals surface area contributed by atoms with Gasteiger partial charge in [-0.15, -0.1) is 0 Å². The number of hydrogen-bond donors (Lipinski definition) is 2. The van der Waals surface area contributed by atoms with E-state index in [1.165, 1.54) is 0 Å². The molecule has 4 heteroatoms. The summed E-state index contributed by atoms with van der Waals surface area (Å²) in [5.41, 5.74) is 0.463. The van der Waals surface area contributed by atoms with Crippen LogP contribution in [0.25, 0.3) is 0 Å². The van der Waals surface area contributed by atoms with Crippen molar-refractivity contribution in [1.29, 1.82) is 0 Å². The Morgan fingerprint density at radius 1 is 1.24 bits per heavy atom. The molecule has 1 saturated carbocycles. The highest BCUT2D eigenvalue weighted by molar-refractivity contribution is 5.27. The Hall–Kier alpha value is -1.10. The van der Waals surface area contributed by atoms with Gasteiger partial charge in [0.1, 0.15) is 5.75 Å². The molecule has 1 atom stereocenters. The normalized spacial score (nSPS) is 27.8. The fourth-order valence-corrected chi connectivity index (χ4v) is 3.37. The van der Waals surface area contributed by atoms with Crippen molar-refractivity contribution >= 4 is 0 Å². The molecule has 0 aromatic heterocycles. The summed E-state index contributed by atoms with van der Waals surface area (Å²) >= 11 is 0. The van der Waals surface area contributed by atoms with Gasteiger partial charge in [0.15, 0.2) is 0 Å². The lowest BCUT2D eigenvalue weighted by Crippen LogP contribution is -2.53. The smallest absolute Gasteiger partial charge is 0.115 e. The van der Waals surface area contributed by atoms with Crippen LogP contribution in [0.5, 0.6) is 5.75 Å². The number of likely N-dealkylation sites (N-methyl/N-ethyl adjacent to an activating group) is 1. The molecule has 0 radical (unpaired) electrons. The highest BCUT2D eigenvalue weighted by atomic mass is 16.5. The van der Waals surface area contributed by atoms with Crippen LogP contribution in [0.4, 0.5) is 0 Å². The van der Waals surface area contributed by atoms with Crippen LogP contribution in [0.3, 0.4) is 0 Å². The molecule has 21 heavy (non-hydrogen) atoms. The van der Waals surface area contributed by atoms with Crippen molar-refractivity contribution in [3.05, 3.63) is 29.8 Å². The van der Waals surface area contributed by atoms with Crippen LogP contribution in [-0.4, -0.2) is 54.1 Å². The van der Waals surface area contributed by atoms with Gasteiger partial charge in [-0.2, -0.15) is 0 Å². The minimum atomic E-state index is -0.670. The molecule has 2 rings (SSSR count). The molecule has 2 N–H and O–H groups in total. The summed E-state index contributed by atoms with van der Waals surface area (Å²) in [5.74, 6) is 0.277. The summed E-state index contributed by atoms with van der Waals surface area (Å²) < 4.78 is 5.40. The number of benzene rings is 1. The topological polar surface area (TPSA) is 52.9 Å². The maximum Gasteiger partial charge on any atom is 0.115 e. The van der Waals surface area contributed by atoms with E-state index in [2.05, 4.69) is 4.90 Å². The summed E-state index contributed by atoms with van der Waals surface area (Å²) in [5, 5.41) is 20.5. The monoisotopic (exact) mass is 293 g/mol. The van der Waals surface area contributed by atoms with Gasteiger partial charge >= 0.3 is 0 Å². The van der Waals surface area contributed by atoms with Gasteiger partial charge in [0, 0.05) is 13.2 Å². The van der Waals surface area contributed by atoms with E-state index in [-0.39, 0.29) is 17.9 Å². The minimum Gasteiger partial charge on any atom is -0.508 e. The van der Waals surface area contributed by atoms with Crippen molar-refractivity contribution in [3.63, 3.8) is 0 Å². The fourth-order valence-electron chi connectivity index (χ4n) is 3.37. The van der Waals surface area contributed by atoms with E-state index in [1.807, 2.05) is 26.2 Å². The fraction of sp³-hybridized carbons (Fsp3) is 0.647. The minimum absolute atomic E-state index is 0.0693. The summed E-state index contributed by atoms with van der Waals surface area (Å²) in [4.78, 5) is 2.11. The predicted octanol–water partition coefficient (Wildman–Crippen LogP) is 2.18. The van der Waals surface area contributed by atoms with E-state index in [0.717, 1.165) is 37.7 Å². The zero-order valence-electron chi connectivity index (χ0n) is 13.2. The van der Waals surface area contributed by atoms with Crippen LogP contribution in [0.1, 0.15) is 31.2 Å². The predicted molar refractivity (Wildman–Crippen MR) is 83.5 cm³/mol. The number of ether oxygens (including phenoxy) is 1. The summed E-state index contributed by atoms with van der Waals surface area (Å²) in [6.45, 7) is 0. The van der Waals surface area contributed by atoms with E-state index in [1.54, 1.807) is 19.2 Å². The quantitative estimate of drug-likeness (QED) is 0.874. The molecule has 1 unspecified atom stereocenters. The SMILES string of the molecule is COC1CCC(O)(C(Cc2ccc(O)cc2)N(C)C)CC1. The van der Waals surface area contributed by atoms with E-state index in [9.17, 15) is 10.2 Å². The largest absolute Gasteiger partial charge is 0.508 e. The third-order valence-corrected chi connectivity index (χ3v) is 4.74. The molecule has 1 aliphatic rings. The first-order valence-electron chi connectivity index (χ1n) is 7.64. The molecular weight excluding hydrogens is 266 g/mol. The van der Waals surface area contributed by atoms with E-state index < -0.39 is 5.60 Å². The number of nitrogens with zero attached hydrogens (tertiary/aromatic N) is 1. The van der Waals surface area contributed by atoms with Gasteiger partial charge in [0.2, 0.25) is 0 Å². The number of hydrogen-bond acceptors (Lipinski definition) is 4. The Morgan fingerprint density at radius 2 is 1.81 bits per heavy atom. The van der Waals surface area contributed by atoms with Gasteiger partial charge in [-0.25, -0.2) is 0 Å². The lowest BCUT2D eigenvalue weighted by molar-refractivity contribution is -0.0874. The molecule has 0 aliphatic heterocycles. The van der Waals surface area contributed by atoms with Gasteiger partial charge in [0.05, 0.1) is 11.7 Å². The molecule has 4 nitrogen and oxygen atoms in total. The van der Waals surface area contributed by atoms with Crippen LogP contribution in [0.15, 0.2) is 24.3 Å².